The average Bonchev–Trinajstić information content (AvgIpc) is 2.65. The van der Waals surface area contributed by atoms with Gasteiger partial charge in [-0.3, -0.25) is 4.21 Å². The number of halogens is 1. The molecule has 0 bridgehead atoms. The van der Waals surface area contributed by atoms with Crippen molar-refractivity contribution < 1.29 is 9.32 Å². The first-order valence-corrected chi connectivity index (χ1v) is 7.67. The lowest BCUT2D eigenvalue weighted by atomic mass is 9.77. The van der Waals surface area contributed by atoms with Crippen LogP contribution in [0.4, 0.5) is 5.82 Å². The fraction of sp³-hybridized carbons (Fsp3) is 0.636. The average molecular weight is 288 g/mol. The lowest BCUT2D eigenvalue weighted by molar-refractivity contribution is 0.143. The summed E-state index contributed by atoms with van der Waals surface area (Å²) in [6.45, 7) is 0.0516. The van der Waals surface area contributed by atoms with Gasteiger partial charge in [0.2, 0.25) is 5.28 Å². The molecule has 1 saturated carbocycles. The minimum atomic E-state index is -1.06. The molecule has 1 unspecified atom stereocenters. The molecule has 7 heteroatoms. The maximum Gasteiger partial charge on any atom is 0.224 e. The van der Waals surface area contributed by atoms with Gasteiger partial charge in [-0.15, -0.1) is 0 Å². The maximum absolute atomic E-state index is 12.0. The Kier molecular flexibility index (Phi) is 3.03. The van der Waals surface area contributed by atoms with Crippen molar-refractivity contribution in [2.45, 2.75) is 36.1 Å². The van der Waals surface area contributed by atoms with Crippen LogP contribution in [0.5, 0.6) is 0 Å². The van der Waals surface area contributed by atoms with E-state index >= 15 is 0 Å². The van der Waals surface area contributed by atoms with E-state index in [4.69, 9.17) is 11.6 Å². The van der Waals surface area contributed by atoms with Gasteiger partial charge < -0.3 is 10.4 Å². The topological polar surface area (TPSA) is 75.1 Å². The van der Waals surface area contributed by atoms with Gasteiger partial charge in [0.05, 0.1) is 28.6 Å². The highest BCUT2D eigenvalue weighted by Gasteiger charge is 2.38. The van der Waals surface area contributed by atoms with E-state index in [9.17, 15) is 9.32 Å². The van der Waals surface area contributed by atoms with E-state index in [0.29, 0.717) is 22.9 Å². The third-order valence-electron chi connectivity index (χ3n) is 3.66. The summed E-state index contributed by atoms with van der Waals surface area (Å²) in [5, 5.41) is 12.9. The van der Waals surface area contributed by atoms with E-state index in [0.717, 1.165) is 25.0 Å². The third kappa shape index (κ3) is 1.92. The summed E-state index contributed by atoms with van der Waals surface area (Å²) in [6.07, 6.45) is 3.54. The number of aromatic nitrogens is 2. The zero-order chi connectivity index (χ0) is 12.8. The van der Waals surface area contributed by atoms with Crippen LogP contribution in [-0.2, 0) is 17.2 Å². The SMILES string of the molecule is O=S1CCc2nc(Cl)nc(NC3(CO)CCC3)c21. The van der Waals surface area contributed by atoms with E-state index in [-0.39, 0.29) is 17.4 Å². The predicted molar refractivity (Wildman–Crippen MR) is 69.3 cm³/mol. The molecule has 0 aromatic carbocycles. The van der Waals surface area contributed by atoms with Gasteiger partial charge in [-0.1, -0.05) is 0 Å². The van der Waals surface area contributed by atoms with Crippen molar-refractivity contribution >= 4 is 28.2 Å². The third-order valence-corrected chi connectivity index (χ3v) is 5.29. The molecule has 1 aliphatic heterocycles. The Morgan fingerprint density at radius 3 is 2.83 bits per heavy atom. The molecule has 2 N–H and O–H groups in total. The van der Waals surface area contributed by atoms with Crippen molar-refractivity contribution in [1.29, 1.82) is 0 Å². The first-order valence-electron chi connectivity index (χ1n) is 5.97. The molecule has 1 aromatic rings. The molecule has 1 aliphatic carbocycles. The Bertz CT molecular complexity index is 514. The zero-order valence-electron chi connectivity index (χ0n) is 9.78. The van der Waals surface area contributed by atoms with Gasteiger partial charge in [-0.2, -0.15) is 4.98 Å². The van der Waals surface area contributed by atoms with Crippen molar-refractivity contribution in [2.24, 2.45) is 0 Å². The second-order valence-corrected chi connectivity index (χ2v) is 6.68. The molecule has 3 rings (SSSR count). The monoisotopic (exact) mass is 287 g/mol. The van der Waals surface area contributed by atoms with Crippen molar-refractivity contribution in [2.75, 3.05) is 17.7 Å². The van der Waals surface area contributed by atoms with Crippen molar-refractivity contribution in [1.82, 2.24) is 9.97 Å². The summed E-state index contributed by atoms with van der Waals surface area (Å²) in [5.41, 5.74) is 0.446. The van der Waals surface area contributed by atoms with Gasteiger partial charge in [-0.05, 0) is 30.9 Å². The van der Waals surface area contributed by atoms with Crippen LogP contribution in [0.2, 0.25) is 5.28 Å². The van der Waals surface area contributed by atoms with Gasteiger partial charge in [0.25, 0.3) is 0 Å². The second kappa shape index (κ2) is 4.43. The van der Waals surface area contributed by atoms with Crippen LogP contribution in [-0.4, -0.2) is 37.2 Å². The van der Waals surface area contributed by atoms with Crippen LogP contribution >= 0.6 is 11.6 Å². The highest BCUT2D eigenvalue weighted by atomic mass is 35.5. The summed E-state index contributed by atoms with van der Waals surface area (Å²) < 4.78 is 12.0. The highest BCUT2D eigenvalue weighted by Crippen LogP contribution is 2.37. The molecular formula is C11H14ClN3O2S. The van der Waals surface area contributed by atoms with Gasteiger partial charge >= 0.3 is 0 Å². The Morgan fingerprint density at radius 1 is 1.44 bits per heavy atom. The zero-order valence-corrected chi connectivity index (χ0v) is 11.4. The number of aliphatic hydroxyl groups excluding tert-OH is 1. The number of hydrogen-bond donors (Lipinski definition) is 2. The minimum Gasteiger partial charge on any atom is -0.394 e. The lowest BCUT2D eigenvalue weighted by Gasteiger charge is -2.41. The van der Waals surface area contributed by atoms with E-state index in [1.165, 1.54) is 0 Å². The molecule has 1 fully saturated rings. The molecule has 1 aromatic heterocycles. The van der Waals surface area contributed by atoms with Crippen molar-refractivity contribution in [3.8, 4) is 0 Å². The van der Waals surface area contributed by atoms with Crippen LogP contribution in [0.25, 0.3) is 0 Å². The largest absolute Gasteiger partial charge is 0.394 e. The van der Waals surface area contributed by atoms with Gasteiger partial charge in [0, 0.05) is 12.2 Å². The number of aliphatic hydroxyl groups is 1. The Balaban J connectivity index is 1.99. The molecule has 5 nitrogen and oxygen atoms in total. The van der Waals surface area contributed by atoms with Crippen LogP contribution < -0.4 is 5.32 Å². The van der Waals surface area contributed by atoms with Crippen LogP contribution in [0.1, 0.15) is 25.0 Å². The number of nitrogens with one attached hydrogen (secondary N) is 1. The number of anilines is 1. The smallest absolute Gasteiger partial charge is 0.224 e. The number of hydrogen-bond acceptors (Lipinski definition) is 5. The number of nitrogens with zero attached hydrogens (tertiary/aromatic N) is 2. The molecule has 0 saturated heterocycles. The molecule has 98 valence electrons. The predicted octanol–water partition coefficient (Wildman–Crippen LogP) is 1.12. The Hall–Kier alpha value is -0.720. The van der Waals surface area contributed by atoms with Crippen LogP contribution in [0.3, 0.4) is 0 Å². The quantitative estimate of drug-likeness (QED) is 0.815. The second-order valence-electron chi connectivity index (χ2n) is 4.83. The maximum atomic E-state index is 12.0. The number of aryl methyl sites for hydroxylation is 1. The molecule has 18 heavy (non-hydrogen) atoms. The van der Waals surface area contributed by atoms with Gasteiger partial charge in [-0.25, -0.2) is 4.98 Å². The lowest BCUT2D eigenvalue weighted by Crippen LogP contribution is -2.48. The number of fused-ring (bicyclic) bond motifs is 1. The summed E-state index contributed by atoms with van der Waals surface area (Å²) in [5.74, 6) is 1.11. The Morgan fingerprint density at radius 2 is 2.22 bits per heavy atom. The van der Waals surface area contributed by atoms with Gasteiger partial charge in [0.15, 0.2) is 0 Å². The first kappa shape index (κ1) is 12.3. The minimum absolute atomic E-state index is 0.0516. The Labute approximate surface area is 112 Å². The summed E-state index contributed by atoms with van der Waals surface area (Å²) in [6, 6.07) is 0. The van der Waals surface area contributed by atoms with Crippen molar-refractivity contribution in [3.05, 3.63) is 11.0 Å². The van der Waals surface area contributed by atoms with Gasteiger partial charge in [0.1, 0.15) is 10.7 Å². The fourth-order valence-electron chi connectivity index (χ4n) is 2.43. The molecule has 0 spiro atoms. The van der Waals surface area contributed by atoms with Crippen LogP contribution in [0.15, 0.2) is 4.90 Å². The normalized spacial score (nSPS) is 24.4. The molecule has 0 amide bonds. The van der Waals surface area contributed by atoms with Crippen LogP contribution in [0, 0.1) is 0 Å². The summed E-state index contributed by atoms with van der Waals surface area (Å²) in [4.78, 5) is 8.94. The first-order chi connectivity index (χ1) is 8.63. The standard InChI is InChI=1S/C11H14ClN3O2S/c12-10-13-7-2-5-18(17)8(7)9(14-10)15-11(6-16)3-1-4-11/h16H,1-6H2,(H,13,14,15). The van der Waals surface area contributed by atoms with E-state index in [2.05, 4.69) is 15.3 Å². The van der Waals surface area contributed by atoms with Crippen molar-refractivity contribution in [3.63, 3.8) is 0 Å². The summed E-state index contributed by atoms with van der Waals surface area (Å²) >= 11 is 5.89. The molecule has 0 radical (unpaired) electrons. The molecule has 1 atom stereocenters. The van der Waals surface area contributed by atoms with E-state index in [1.807, 2.05) is 0 Å². The highest BCUT2D eigenvalue weighted by molar-refractivity contribution is 7.85. The molecule has 2 heterocycles. The van der Waals surface area contributed by atoms with E-state index < -0.39 is 10.8 Å². The molecule has 2 aliphatic rings. The summed E-state index contributed by atoms with van der Waals surface area (Å²) in [7, 11) is -1.06. The fourth-order valence-corrected chi connectivity index (χ4v) is 3.92. The number of rotatable bonds is 3. The molecular weight excluding hydrogens is 274 g/mol. The van der Waals surface area contributed by atoms with E-state index in [1.54, 1.807) is 0 Å².